The molecule has 6 heteroatoms. The van der Waals surface area contributed by atoms with Crippen LogP contribution in [0.2, 0.25) is 18.1 Å². The van der Waals surface area contributed by atoms with Gasteiger partial charge in [-0.1, -0.05) is 78.3 Å². The Balaban J connectivity index is 2.01. The van der Waals surface area contributed by atoms with Gasteiger partial charge in [-0.25, -0.2) is 0 Å². The first-order chi connectivity index (χ1) is 14.0. The predicted molar refractivity (Wildman–Crippen MR) is 127 cm³/mol. The Bertz CT molecular complexity index is 795. The largest absolute Gasteiger partial charge is 0.410 e. The zero-order valence-electron chi connectivity index (χ0n) is 20.1. The molecular weight excluding hydrogens is 388 g/mol. The highest BCUT2D eigenvalue weighted by molar-refractivity contribution is 6.74. The predicted octanol–water partition coefficient (Wildman–Crippen LogP) is 6.22. The Morgan fingerprint density at radius 3 is 2.40 bits per heavy atom. The van der Waals surface area contributed by atoms with Gasteiger partial charge >= 0.3 is 0 Å². The number of benzene rings is 1. The van der Waals surface area contributed by atoms with Crippen LogP contribution in [0.1, 0.15) is 60.2 Å². The number of hydrogen-bond acceptors (Lipinski definition) is 4. The highest BCUT2D eigenvalue weighted by Gasteiger charge is 2.39. The molecule has 0 bridgehead atoms. The van der Waals surface area contributed by atoms with E-state index in [4.69, 9.17) is 4.43 Å². The average molecular weight is 429 g/mol. The lowest BCUT2D eigenvalue weighted by molar-refractivity contribution is 0.165. The van der Waals surface area contributed by atoms with Crippen molar-refractivity contribution in [2.45, 2.75) is 85.0 Å². The standard InChI is InChI=1S/C24H40N4OSi/c1-9-20(3)22(29-30(7,8)24(4,5)6)17-13-14-19(2)18-23-25-26-27-28(23)21-15-11-10-12-16-21/h10-13,15-17,19-20,22H,9,14,18H2,1-8H3/b17-13+/t19-,20+,22-/m0/s1. The Morgan fingerprint density at radius 2 is 1.80 bits per heavy atom. The SMILES string of the molecule is CC[C@@H](C)[C@H](/C=C/C[C@H](C)Cc1nnnn1-c1ccccc1)O[Si](C)(C)C(C)(C)C. The lowest BCUT2D eigenvalue weighted by Crippen LogP contribution is -2.45. The maximum atomic E-state index is 6.74. The van der Waals surface area contributed by atoms with E-state index in [0.717, 1.165) is 30.8 Å². The fraction of sp³-hybridized carbons (Fsp3) is 0.625. The smallest absolute Gasteiger partial charge is 0.192 e. The number of nitrogens with zero attached hydrogens (tertiary/aromatic N) is 4. The fourth-order valence-electron chi connectivity index (χ4n) is 3.04. The summed E-state index contributed by atoms with van der Waals surface area (Å²) in [6.45, 7) is 18.4. The van der Waals surface area contributed by atoms with Gasteiger partial charge in [0.05, 0.1) is 11.8 Å². The zero-order valence-corrected chi connectivity index (χ0v) is 21.1. The van der Waals surface area contributed by atoms with E-state index in [1.54, 1.807) is 0 Å². The van der Waals surface area contributed by atoms with E-state index in [0.29, 0.717) is 11.8 Å². The van der Waals surface area contributed by atoms with Crippen molar-refractivity contribution in [1.29, 1.82) is 0 Å². The molecule has 0 aliphatic rings. The van der Waals surface area contributed by atoms with Gasteiger partial charge in [0.2, 0.25) is 0 Å². The molecule has 0 N–H and O–H groups in total. The van der Waals surface area contributed by atoms with Gasteiger partial charge in [0, 0.05) is 6.42 Å². The maximum Gasteiger partial charge on any atom is 0.192 e. The second-order valence-corrected chi connectivity index (χ2v) is 14.8. The molecule has 1 heterocycles. The minimum Gasteiger partial charge on any atom is -0.410 e. The number of allylic oxidation sites excluding steroid dienone is 1. The van der Waals surface area contributed by atoms with Gasteiger partial charge in [-0.3, -0.25) is 0 Å². The molecule has 2 aromatic rings. The first-order valence-corrected chi connectivity index (χ1v) is 14.1. The summed E-state index contributed by atoms with van der Waals surface area (Å²) in [5.74, 6) is 1.86. The van der Waals surface area contributed by atoms with Crippen molar-refractivity contribution >= 4 is 8.32 Å². The van der Waals surface area contributed by atoms with Crippen LogP contribution in [0.15, 0.2) is 42.5 Å². The minimum absolute atomic E-state index is 0.178. The fourth-order valence-corrected chi connectivity index (χ4v) is 4.38. The lowest BCUT2D eigenvalue weighted by atomic mass is 9.99. The van der Waals surface area contributed by atoms with E-state index < -0.39 is 8.32 Å². The van der Waals surface area contributed by atoms with Crippen LogP contribution in [0.4, 0.5) is 0 Å². The number of aromatic nitrogens is 4. The lowest BCUT2D eigenvalue weighted by Gasteiger charge is -2.40. The van der Waals surface area contributed by atoms with Gasteiger partial charge in [-0.2, -0.15) is 4.68 Å². The molecule has 5 nitrogen and oxygen atoms in total. The second-order valence-electron chi connectivity index (χ2n) is 10.0. The van der Waals surface area contributed by atoms with Crippen molar-refractivity contribution in [3.05, 3.63) is 48.3 Å². The van der Waals surface area contributed by atoms with Gasteiger partial charge in [0.1, 0.15) is 0 Å². The molecule has 3 atom stereocenters. The molecule has 0 saturated carbocycles. The Hall–Kier alpha value is -1.79. The summed E-state index contributed by atoms with van der Waals surface area (Å²) >= 11 is 0. The van der Waals surface area contributed by atoms with Crippen molar-refractivity contribution in [3.63, 3.8) is 0 Å². The van der Waals surface area contributed by atoms with E-state index in [2.05, 4.69) is 82.3 Å². The van der Waals surface area contributed by atoms with E-state index in [1.165, 1.54) is 0 Å². The Kier molecular flexibility index (Phi) is 8.56. The molecular formula is C24H40N4OSi. The summed E-state index contributed by atoms with van der Waals surface area (Å²) < 4.78 is 8.57. The van der Waals surface area contributed by atoms with Gasteiger partial charge in [-0.15, -0.1) is 5.10 Å². The first-order valence-electron chi connectivity index (χ1n) is 11.2. The van der Waals surface area contributed by atoms with Crippen molar-refractivity contribution in [3.8, 4) is 5.69 Å². The molecule has 0 aliphatic carbocycles. The zero-order chi connectivity index (χ0) is 22.4. The highest BCUT2D eigenvalue weighted by atomic mass is 28.4. The monoisotopic (exact) mass is 428 g/mol. The molecule has 0 unspecified atom stereocenters. The van der Waals surface area contributed by atoms with Crippen LogP contribution in [0.25, 0.3) is 5.69 Å². The molecule has 0 radical (unpaired) electrons. The molecule has 1 aromatic carbocycles. The Labute approximate surface area is 184 Å². The summed E-state index contributed by atoms with van der Waals surface area (Å²) in [5.41, 5.74) is 1.000. The van der Waals surface area contributed by atoms with Gasteiger partial charge in [-0.05, 0) is 58.9 Å². The minimum atomic E-state index is -1.80. The van der Waals surface area contributed by atoms with Crippen LogP contribution in [-0.4, -0.2) is 34.6 Å². The van der Waals surface area contributed by atoms with Crippen LogP contribution in [0, 0.1) is 11.8 Å². The van der Waals surface area contributed by atoms with Crippen LogP contribution < -0.4 is 0 Å². The normalized spacial score (nSPS) is 16.0. The molecule has 0 fully saturated rings. The van der Waals surface area contributed by atoms with Gasteiger partial charge < -0.3 is 4.43 Å². The van der Waals surface area contributed by atoms with E-state index in [-0.39, 0.29) is 11.1 Å². The highest BCUT2D eigenvalue weighted by Crippen LogP contribution is 2.38. The van der Waals surface area contributed by atoms with Gasteiger partial charge in [0.15, 0.2) is 14.1 Å². The van der Waals surface area contributed by atoms with E-state index in [9.17, 15) is 0 Å². The summed E-state index contributed by atoms with van der Waals surface area (Å²) in [6.07, 6.45) is 7.71. The van der Waals surface area contributed by atoms with Crippen LogP contribution in [0.3, 0.4) is 0 Å². The number of hydrogen-bond donors (Lipinski definition) is 0. The summed E-state index contributed by atoms with van der Waals surface area (Å²) in [6, 6.07) is 10.1. The molecule has 166 valence electrons. The quantitative estimate of drug-likeness (QED) is 0.333. The number of rotatable bonds is 10. The molecule has 30 heavy (non-hydrogen) atoms. The van der Waals surface area contributed by atoms with Crippen molar-refractivity contribution in [2.24, 2.45) is 11.8 Å². The third-order valence-corrected chi connectivity index (χ3v) is 10.8. The van der Waals surface area contributed by atoms with Crippen molar-refractivity contribution in [1.82, 2.24) is 20.2 Å². The summed E-state index contributed by atoms with van der Waals surface area (Å²) in [7, 11) is -1.80. The van der Waals surface area contributed by atoms with Gasteiger partial charge in [0.25, 0.3) is 0 Å². The third-order valence-electron chi connectivity index (χ3n) is 6.37. The maximum absolute atomic E-state index is 6.74. The van der Waals surface area contributed by atoms with E-state index in [1.807, 2.05) is 35.0 Å². The van der Waals surface area contributed by atoms with Crippen LogP contribution >= 0.6 is 0 Å². The Morgan fingerprint density at radius 1 is 1.13 bits per heavy atom. The third kappa shape index (κ3) is 6.61. The van der Waals surface area contributed by atoms with Crippen LogP contribution in [0.5, 0.6) is 0 Å². The molecule has 1 aromatic heterocycles. The molecule has 0 saturated heterocycles. The molecule has 0 aliphatic heterocycles. The van der Waals surface area contributed by atoms with Crippen molar-refractivity contribution in [2.75, 3.05) is 0 Å². The summed E-state index contributed by atoms with van der Waals surface area (Å²) in [5, 5.41) is 12.5. The topological polar surface area (TPSA) is 52.8 Å². The molecule has 0 amide bonds. The van der Waals surface area contributed by atoms with Crippen molar-refractivity contribution < 1.29 is 4.43 Å². The van der Waals surface area contributed by atoms with Crippen LogP contribution in [-0.2, 0) is 10.8 Å². The first kappa shape index (κ1) is 24.5. The van der Waals surface area contributed by atoms with E-state index >= 15 is 0 Å². The summed E-state index contributed by atoms with van der Waals surface area (Å²) in [4.78, 5) is 0. The average Bonchev–Trinajstić information content (AvgIpc) is 3.14. The molecule has 2 rings (SSSR count). The molecule has 0 spiro atoms. The number of para-hydroxylation sites is 1. The number of tetrazole rings is 1. The second kappa shape index (κ2) is 10.5.